The summed E-state index contributed by atoms with van der Waals surface area (Å²) in [5, 5.41) is 25.7. The summed E-state index contributed by atoms with van der Waals surface area (Å²) >= 11 is 0. The van der Waals surface area contributed by atoms with E-state index in [0.29, 0.717) is 5.56 Å². The Balaban J connectivity index is 2.85. The van der Waals surface area contributed by atoms with Crippen molar-refractivity contribution in [2.24, 2.45) is 0 Å². The third kappa shape index (κ3) is 3.12. The second kappa shape index (κ2) is 4.46. The lowest BCUT2D eigenvalue weighted by Crippen LogP contribution is -2.05. The molecular formula is C9H8BNO2. The van der Waals surface area contributed by atoms with Gasteiger partial charge >= 0.3 is 7.12 Å². The second-order valence-electron chi connectivity index (χ2n) is 2.51. The van der Waals surface area contributed by atoms with Crippen LogP contribution in [0.5, 0.6) is 0 Å². The van der Waals surface area contributed by atoms with Crippen LogP contribution in [0.3, 0.4) is 0 Å². The van der Waals surface area contributed by atoms with Gasteiger partial charge in [-0.3, -0.25) is 0 Å². The molecule has 64 valence electrons. The van der Waals surface area contributed by atoms with Gasteiger partial charge in [0.05, 0.1) is 11.6 Å². The molecule has 1 aromatic carbocycles. The summed E-state index contributed by atoms with van der Waals surface area (Å²) in [7, 11) is -1.45. The zero-order valence-corrected chi connectivity index (χ0v) is 6.88. The molecule has 2 N–H and O–H groups in total. The van der Waals surface area contributed by atoms with E-state index in [0.717, 1.165) is 5.56 Å². The molecule has 0 radical (unpaired) electrons. The smallest absolute Gasteiger partial charge is 0.424 e. The quantitative estimate of drug-likeness (QED) is 0.643. The fourth-order valence-electron chi connectivity index (χ4n) is 0.909. The van der Waals surface area contributed by atoms with Gasteiger partial charge in [-0.05, 0) is 17.7 Å². The lowest BCUT2D eigenvalue weighted by Gasteiger charge is -1.93. The minimum atomic E-state index is -1.45. The third-order valence-corrected chi connectivity index (χ3v) is 1.48. The first-order valence-corrected chi connectivity index (χ1v) is 3.77. The summed E-state index contributed by atoms with van der Waals surface area (Å²) in [5.74, 6) is 1.23. The normalized spacial score (nSPS) is 9.92. The molecule has 0 unspecified atom stereocenters. The van der Waals surface area contributed by atoms with Crippen molar-refractivity contribution in [3.05, 3.63) is 41.4 Å². The van der Waals surface area contributed by atoms with Crippen LogP contribution in [0.4, 0.5) is 0 Å². The van der Waals surface area contributed by atoms with Gasteiger partial charge in [0.1, 0.15) is 0 Å². The molecule has 0 atom stereocenters. The van der Waals surface area contributed by atoms with E-state index >= 15 is 0 Å². The molecule has 0 saturated carbocycles. The molecule has 13 heavy (non-hydrogen) atoms. The Morgan fingerprint density at radius 2 is 2.15 bits per heavy atom. The van der Waals surface area contributed by atoms with Gasteiger partial charge in [-0.1, -0.05) is 24.2 Å². The van der Waals surface area contributed by atoms with Crippen LogP contribution in [0.1, 0.15) is 11.1 Å². The van der Waals surface area contributed by atoms with Crippen molar-refractivity contribution in [1.29, 1.82) is 5.26 Å². The molecule has 0 aliphatic carbocycles. The van der Waals surface area contributed by atoms with Crippen LogP contribution in [0.15, 0.2) is 30.2 Å². The first kappa shape index (κ1) is 9.52. The molecular weight excluding hydrogens is 165 g/mol. The molecule has 4 heteroatoms. The summed E-state index contributed by atoms with van der Waals surface area (Å²) in [5.41, 5.74) is 1.32. The van der Waals surface area contributed by atoms with Crippen LogP contribution in [-0.2, 0) is 0 Å². The Labute approximate surface area is 76.7 Å². The SMILES string of the molecule is N#Cc1cccc(/C=C/B(O)O)c1. The highest BCUT2D eigenvalue weighted by molar-refractivity contribution is 6.48. The Morgan fingerprint density at radius 3 is 2.77 bits per heavy atom. The first-order chi connectivity index (χ1) is 6.22. The number of hydrogen-bond acceptors (Lipinski definition) is 3. The molecule has 0 spiro atoms. The van der Waals surface area contributed by atoms with Gasteiger partial charge < -0.3 is 10.0 Å². The number of nitriles is 1. The third-order valence-electron chi connectivity index (χ3n) is 1.48. The van der Waals surface area contributed by atoms with Gasteiger partial charge in [-0.25, -0.2) is 0 Å². The predicted molar refractivity (Wildman–Crippen MR) is 50.4 cm³/mol. The van der Waals surface area contributed by atoms with Crippen LogP contribution in [-0.4, -0.2) is 17.2 Å². The van der Waals surface area contributed by atoms with Crippen LogP contribution >= 0.6 is 0 Å². The van der Waals surface area contributed by atoms with Crippen molar-refractivity contribution in [3.63, 3.8) is 0 Å². The van der Waals surface area contributed by atoms with E-state index in [9.17, 15) is 0 Å². The minimum absolute atomic E-state index is 0.551. The molecule has 0 heterocycles. The van der Waals surface area contributed by atoms with Gasteiger partial charge in [0.25, 0.3) is 0 Å². The highest BCUT2D eigenvalue weighted by Crippen LogP contribution is 2.05. The topological polar surface area (TPSA) is 64.2 Å². The first-order valence-electron chi connectivity index (χ1n) is 3.77. The van der Waals surface area contributed by atoms with Crippen LogP contribution in [0.2, 0.25) is 0 Å². The standard InChI is InChI=1S/C9H8BNO2/c11-7-9-3-1-2-8(6-9)4-5-10(12)13/h1-6,12-13H/b5-4+. The zero-order valence-electron chi connectivity index (χ0n) is 6.88. The maximum atomic E-state index is 8.57. The largest absolute Gasteiger partial charge is 0.480 e. The van der Waals surface area contributed by atoms with Crippen molar-refractivity contribution < 1.29 is 10.0 Å². The summed E-state index contributed by atoms with van der Waals surface area (Å²) in [6.07, 6.45) is 1.55. The Morgan fingerprint density at radius 1 is 1.38 bits per heavy atom. The summed E-state index contributed by atoms with van der Waals surface area (Å²) in [6, 6.07) is 8.86. The molecule has 0 aliphatic rings. The lowest BCUT2D eigenvalue weighted by atomic mass is 9.90. The van der Waals surface area contributed by atoms with E-state index in [1.54, 1.807) is 30.3 Å². The van der Waals surface area contributed by atoms with Crippen molar-refractivity contribution in [1.82, 2.24) is 0 Å². The van der Waals surface area contributed by atoms with Gasteiger partial charge in [0.15, 0.2) is 0 Å². The van der Waals surface area contributed by atoms with Crippen molar-refractivity contribution in [2.45, 2.75) is 0 Å². The molecule has 3 nitrogen and oxygen atoms in total. The average Bonchev–Trinajstić information content (AvgIpc) is 2.15. The van der Waals surface area contributed by atoms with Gasteiger partial charge in [-0.2, -0.15) is 5.26 Å². The van der Waals surface area contributed by atoms with Crippen molar-refractivity contribution >= 4 is 13.2 Å². The molecule has 0 aromatic heterocycles. The minimum Gasteiger partial charge on any atom is -0.424 e. The van der Waals surface area contributed by atoms with E-state index in [4.69, 9.17) is 15.3 Å². The second-order valence-corrected chi connectivity index (χ2v) is 2.51. The maximum absolute atomic E-state index is 8.57. The highest BCUT2D eigenvalue weighted by atomic mass is 16.4. The number of hydrogen-bond donors (Lipinski definition) is 2. The lowest BCUT2D eigenvalue weighted by molar-refractivity contribution is 0.424. The van der Waals surface area contributed by atoms with Gasteiger partial charge in [0, 0.05) is 0 Å². The molecule has 0 saturated heterocycles. The van der Waals surface area contributed by atoms with E-state index in [2.05, 4.69) is 0 Å². The van der Waals surface area contributed by atoms with Crippen LogP contribution in [0, 0.1) is 11.3 Å². The Hall–Kier alpha value is -1.57. The summed E-state index contributed by atoms with van der Waals surface area (Å²) in [6.45, 7) is 0. The number of rotatable bonds is 2. The summed E-state index contributed by atoms with van der Waals surface area (Å²) < 4.78 is 0. The maximum Gasteiger partial charge on any atom is 0.480 e. The van der Waals surface area contributed by atoms with Crippen molar-refractivity contribution in [2.75, 3.05) is 0 Å². The van der Waals surface area contributed by atoms with E-state index in [1.165, 1.54) is 5.98 Å². The number of nitrogens with zero attached hydrogens (tertiary/aromatic N) is 1. The van der Waals surface area contributed by atoms with Gasteiger partial charge in [0.2, 0.25) is 0 Å². The van der Waals surface area contributed by atoms with Crippen LogP contribution in [0.25, 0.3) is 6.08 Å². The summed E-state index contributed by atoms with van der Waals surface area (Å²) in [4.78, 5) is 0. The fraction of sp³-hybridized carbons (Fsp3) is 0. The fourth-order valence-corrected chi connectivity index (χ4v) is 0.909. The van der Waals surface area contributed by atoms with E-state index < -0.39 is 7.12 Å². The van der Waals surface area contributed by atoms with Gasteiger partial charge in [-0.15, -0.1) is 0 Å². The molecule has 0 bridgehead atoms. The van der Waals surface area contributed by atoms with E-state index in [-0.39, 0.29) is 0 Å². The van der Waals surface area contributed by atoms with E-state index in [1.807, 2.05) is 6.07 Å². The zero-order chi connectivity index (χ0) is 9.68. The van der Waals surface area contributed by atoms with Crippen molar-refractivity contribution in [3.8, 4) is 6.07 Å². The Kier molecular flexibility index (Phi) is 3.27. The molecule has 0 aliphatic heterocycles. The predicted octanol–water partition coefficient (Wildman–Crippen LogP) is 0.583. The molecule has 1 aromatic rings. The molecule has 0 fully saturated rings. The number of benzene rings is 1. The molecule has 0 amide bonds. The molecule has 1 rings (SSSR count). The monoisotopic (exact) mass is 173 g/mol. The Bertz CT molecular complexity index is 355. The average molecular weight is 173 g/mol. The highest BCUT2D eigenvalue weighted by Gasteiger charge is 1.98. The van der Waals surface area contributed by atoms with Crippen LogP contribution < -0.4 is 0 Å².